The Morgan fingerprint density at radius 1 is 1.45 bits per heavy atom. The van der Waals surface area contributed by atoms with E-state index in [1.165, 1.54) is 11.3 Å². The van der Waals surface area contributed by atoms with Crippen LogP contribution in [0.2, 0.25) is 0 Å². The van der Waals surface area contributed by atoms with E-state index >= 15 is 0 Å². The Labute approximate surface area is 127 Å². The molecule has 3 heterocycles. The van der Waals surface area contributed by atoms with Crippen molar-refractivity contribution in [3.05, 3.63) is 53.2 Å². The smallest absolute Gasteiger partial charge is 0.272 e. The van der Waals surface area contributed by atoms with Crippen LogP contribution >= 0.6 is 0 Å². The minimum absolute atomic E-state index is 0.0989. The van der Waals surface area contributed by atoms with E-state index in [9.17, 15) is 4.79 Å². The molecule has 3 aromatic rings. The molecule has 0 aromatic carbocycles. The maximum Gasteiger partial charge on any atom is 0.272 e. The lowest BCUT2D eigenvalue weighted by molar-refractivity contribution is 0.0928. The molecular formula is C16H17N5O. The molecule has 112 valence electrons. The molecule has 6 nitrogen and oxygen atoms in total. The van der Waals surface area contributed by atoms with Gasteiger partial charge in [-0.15, -0.1) is 0 Å². The second-order valence-corrected chi connectivity index (χ2v) is 5.76. The summed E-state index contributed by atoms with van der Waals surface area (Å²) in [5.41, 5.74) is 4.56. The lowest BCUT2D eigenvalue weighted by Crippen LogP contribution is -2.39. The van der Waals surface area contributed by atoms with Crippen molar-refractivity contribution in [2.24, 2.45) is 0 Å². The number of rotatable bonds is 2. The first kappa shape index (κ1) is 13.1. The van der Waals surface area contributed by atoms with Crippen molar-refractivity contribution in [3.63, 3.8) is 0 Å². The lowest BCUT2D eigenvalue weighted by Gasteiger charge is -2.22. The van der Waals surface area contributed by atoms with E-state index in [0.29, 0.717) is 5.69 Å². The van der Waals surface area contributed by atoms with Crippen molar-refractivity contribution in [3.8, 4) is 0 Å². The van der Waals surface area contributed by atoms with Crippen LogP contribution in [0.4, 0.5) is 0 Å². The molecule has 0 radical (unpaired) electrons. The van der Waals surface area contributed by atoms with Gasteiger partial charge in [-0.25, -0.2) is 4.98 Å². The number of carbonyl (C=O) groups excluding carboxylic acids is 1. The van der Waals surface area contributed by atoms with Crippen LogP contribution in [-0.4, -0.2) is 31.5 Å². The van der Waals surface area contributed by atoms with Gasteiger partial charge in [-0.2, -0.15) is 5.10 Å². The van der Waals surface area contributed by atoms with E-state index in [0.717, 1.165) is 30.6 Å². The molecule has 0 bridgehead atoms. The molecule has 0 saturated carbocycles. The summed E-state index contributed by atoms with van der Waals surface area (Å²) in [5, 5.41) is 10.2. The van der Waals surface area contributed by atoms with Crippen LogP contribution in [0.1, 0.15) is 33.9 Å². The Morgan fingerprint density at radius 2 is 2.36 bits per heavy atom. The van der Waals surface area contributed by atoms with Gasteiger partial charge >= 0.3 is 0 Å². The molecule has 3 aromatic heterocycles. The number of H-pyrrole nitrogens is 1. The number of nitrogens with zero attached hydrogens (tertiary/aromatic N) is 3. The second kappa shape index (κ2) is 4.98. The Hall–Kier alpha value is -2.63. The highest BCUT2D eigenvalue weighted by molar-refractivity contribution is 5.94. The third kappa shape index (κ3) is 2.07. The van der Waals surface area contributed by atoms with Crippen LogP contribution in [0, 0.1) is 6.92 Å². The van der Waals surface area contributed by atoms with Crippen LogP contribution in [0.25, 0.3) is 5.65 Å². The average Bonchev–Trinajstić information content (AvgIpc) is 3.12. The monoisotopic (exact) mass is 295 g/mol. The molecule has 1 unspecified atom stereocenters. The van der Waals surface area contributed by atoms with Crippen LogP contribution < -0.4 is 5.32 Å². The summed E-state index contributed by atoms with van der Waals surface area (Å²) >= 11 is 0. The number of carbonyl (C=O) groups is 1. The Morgan fingerprint density at radius 3 is 3.23 bits per heavy atom. The van der Waals surface area contributed by atoms with Gasteiger partial charge in [-0.05, 0) is 43.9 Å². The number of hydrogen-bond acceptors (Lipinski definition) is 3. The maximum atomic E-state index is 12.5. The van der Waals surface area contributed by atoms with Gasteiger partial charge in [-0.1, -0.05) is 6.07 Å². The maximum absolute atomic E-state index is 12.5. The summed E-state index contributed by atoms with van der Waals surface area (Å²) in [6.45, 7) is 1.92. The Kier molecular flexibility index (Phi) is 2.96. The number of nitrogens with one attached hydrogen (secondary N) is 2. The molecule has 0 aliphatic heterocycles. The zero-order valence-electron chi connectivity index (χ0n) is 12.3. The van der Waals surface area contributed by atoms with Gasteiger partial charge < -0.3 is 9.72 Å². The highest BCUT2D eigenvalue weighted by Gasteiger charge is 2.24. The van der Waals surface area contributed by atoms with Gasteiger partial charge in [0.25, 0.3) is 5.91 Å². The fourth-order valence-electron chi connectivity index (χ4n) is 3.13. The van der Waals surface area contributed by atoms with Crippen molar-refractivity contribution in [2.45, 2.75) is 32.2 Å². The van der Waals surface area contributed by atoms with Crippen molar-refractivity contribution >= 4 is 11.6 Å². The molecule has 1 aliphatic carbocycles. The first-order valence-electron chi connectivity index (χ1n) is 7.48. The molecule has 1 atom stereocenters. The molecule has 2 N–H and O–H groups in total. The molecule has 4 rings (SSSR count). The largest absolute Gasteiger partial charge is 0.348 e. The predicted molar refractivity (Wildman–Crippen MR) is 81.8 cm³/mol. The molecule has 0 fully saturated rings. The standard InChI is InChI=1S/C16H17N5O/c1-10-15(19-14-4-2-3-7-21(10)14)16(22)18-12-5-6-13-11(8-12)9-17-20-13/h2-4,7,9,12H,5-6,8H2,1H3,(H,17,20)(H,18,22). The van der Waals surface area contributed by atoms with E-state index < -0.39 is 0 Å². The highest BCUT2D eigenvalue weighted by atomic mass is 16.2. The van der Waals surface area contributed by atoms with Gasteiger partial charge in [0.15, 0.2) is 0 Å². The van der Waals surface area contributed by atoms with Gasteiger partial charge in [-0.3, -0.25) is 9.89 Å². The number of imidazole rings is 1. The van der Waals surface area contributed by atoms with Gasteiger partial charge in [0.05, 0.1) is 11.9 Å². The minimum Gasteiger partial charge on any atom is -0.348 e. The zero-order valence-corrected chi connectivity index (χ0v) is 12.3. The Bertz CT molecular complexity index is 847. The summed E-state index contributed by atoms with van der Waals surface area (Å²) in [6.07, 6.45) is 6.44. The normalized spacial score (nSPS) is 17.4. The number of fused-ring (bicyclic) bond motifs is 2. The summed E-state index contributed by atoms with van der Waals surface area (Å²) in [7, 11) is 0. The Balaban J connectivity index is 1.56. The molecule has 6 heteroatoms. The van der Waals surface area contributed by atoms with Crippen LogP contribution in [0.5, 0.6) is 0 Å². The number of aromatic nitrogens is 4. The lowest BCUT2D eigenvalue weighted by atomic mass is 9.93. The van der Waals surface area contributed by atoms with Crippen molar-refractivity contribution < 1.29 is 4.79 Å². The first-order valence-corrected chi connectivity index (χ1v) is 7.48. The van der Waals surface area contributed by atoms with Gasteiger partial charge in [0, 0.05) is 17.9 Å². The number of amides is 1. The zero-order chi connectivity index (χ0) is 15.1. The fraction of sp³-hybridized carbons (Fsp3) is 0.312. The number of hydrogen-bond donors (Lipinski definition) is 2. The molecular weight excluding hydrogens is 278 g/mol. The van der Waals surface area contributed by atoms with Crippen molar-refractivity contribution in [2.75, 3.05) is 0 Å². The first-order chi connectivity index (χ1) is 10.7. The van der Waals surface area contributed by atoms with Crippen molar-refractivity contribution in [1.82, 2.24) is 24.9 Å². The summed E-state index contributed by atoms with van der Waals surface area (Å²) in [6, 6.07) is 5.90. The average molecular weight is 295 g/mol. The van der Waals surface area contributed by atoms with Crippen LogP contribution in [-0.2, 0) is 12.8 Å². The van der Waals surface area contributed by atoms with Crippen LogP contribution in [0.15, 0.2) is 30.6 Å². The topological polar surface area (TPSA) is 75.1 Å². The van der Waals surface area contributed by atoms with E-state index in [1.807, 2.05) is 41.9 Å². The second-order valence-electron chi connectivity index (χ2n) is 5.76. The van der Waals surface area contributed by atoms with Crippen molar-refractivity contribution in [1.29, 1.82) is 0 Å². The number of aryl methyl sites for hydroxylation is 2. The molecule has 1 aliphatic rings. The quantitative estimate of drug-likeness (QED) is 0.755. The summed E-state index contributed by atoms with van der Waals surface area (Å²) in [5.74, 6) is -0.0989. The summed E-state index contributed by atoms with van der Waals surface area (Å²) in [4.78, 5) is 17.0. The van der Waals surface area contributed by atoms with E-state index in [1.54, 1.807) is 0 Å². The fourth-order valence-corrected chi connectivity index (χ4v) is 3.13. The third-order valence-corrected chi connectivity index (χ3v) is 4.34. The molecule has 0 spiro atoms. The van der Waals surface area contributed by atoms with Gasteiger partial charge in [0.2, 0.25) is 0 Å². The highest BCUT2D eigenvalue weighted by Crippen LogP contribution is 2.19. The van der Waals surface area contributed by atoms with E-state index in [2.05, 4.69) is 20.5 Å². The van der Waals surface area contributed by atoms with E-state index in [4.69, 9.17) is 0 Å². The minimum atomic E-state index is -0.0989. The predicted octanol–water partition coefficient (Wildman–Crippen LogP) is 1.65. The third-order valence-electron chi connectivity index (χ3n) is 4.34. The molecule has 1 amide bonds. The SMILES string of the molecule is Cc1c(C(=O)NC2CCc3[nH]ncc3C2)nc2ccccn12. The summed E-state index contributed by atoms with van der Waals surface area (Å²) < 4.78 is 1.93. The number of pyridine rings is 1. The van der Waals surface area contributed by atoms with Crippen LogP contribution in [0.3, 0.4) is 0 Å². The van der Waals surface area contributed by atoms with Gasteiger partial charge in [0.1, 0.15) is 11.3 Å². The number of aromatic amines is 1. The van der Waals surface area contributed by atoms with E-state index in [-0.39, 0.29) is 11.9 Å². The molecule has 22 heavy (non-hydrogen) atoms. The molecule has 0 saturated heterocycles.